The molecule has 10 N–H and O–H groups in total. The molecule has 1 aromatic heterocycles. The molecular formula is C13H20N6O6S. The number of nitrogen functional groups attached to an aromatic ring is 2. The molecule has 1 aliphatic rings. The zero-order valence-corrected chi connectivity index (χ0v) is 14.5. The highest BCUT2D eigenvalue weighted by Gasteiger charge is 2.38. The summed E-state index contributed by atoms with van der Waals surface area (Å²) in [5, 5.41) is 32.1. The van der Waals surface area contributed by atoms with Crippen LogP contribution in [0, 0.1) is 0 Å². The number of hydrogen-bond acceptors (Lipinski definition) is 11. The largest absolute Gasteiger partial charge is 0.388 e. The summed E-state index contributed by atoms with van der Waals surface area (Å²) in [5.41, 5.74) is 3.68. The topological polar surface area (TPSA) is 205 Å². The summed E-state index contributed by atoms with van der Waals surface area (Å²) in [6.07, 6.45) is -3.56. The number of carbonyl (C=O) groups excluding carboxylic acids is 2. The Labute approximate surface area is 152 Å². The smallest absolute Gasteiger partial charge is 0.268 e. The van der Waals surface area contributed by atoms with Crippen molar-refractivity contribution in [1.29, 1.82) is 0 Å². The molecule has 1 aliphatic heterocycles. The number of aliphatic hydroxyl groups excluding tert-OH is 3. The number of anilines is 1. The van der Waals surface area contributed by atoms with Crippen molar-refractivity contribution in [3.63, 3.8) is 0 Å². The molecule has 0 spiro atoms. The lowest BCUT2D eigenvalue weighted by molar-refractivity contribution is -0.178. The first-order chi connectivity index (χ1) is 12.3. The van der Waals surface area contributed by atoms with Gasteiger partial charge in [-0.15, -0.1) is 11.8 Å². The summed E-state index contributed by atoms with van der Waals surface area (Å²) in [6.45, 7) is -0.213. The maximum atomic E-state index is 12.1. The summed E-state index contributed by atoms with van der Waals surface area (Å²) in [6, 6.07) is 1.22. The van der Waals surface area contributed by atoms with Crippen LogP contribution in [0.3, 0.4) is 0 Å². The minimum atomic E-state index is -1.45. The molecule has 2 rings (SSSR count). The van der Waals surface area contributed by atoms with E-state index in [2.05, 4.69) is 10.3 Å². The van der Waals surface area contributed by atoms with Crippen LogP contribution in [-0.2, 0) is 4.74 Å². The molecule has 1 aromatic rings. The normalized spacial score (nSPS) is 25.5. The van der Waals surface area contributed by atoms with E-state index in [1.165, 1.54) is 6.07 Å². The number of carbonyl (C=O) groups is 2. The van der Waals surface area contributed by atoms with Crippen molar-refractivity contribution in [2.24, 2.45) is 11.7 Å². The Kier molecular flexibility index (Phi) is 6.71. The van der Waals surface area contributed by atoms with Gasteiger partial charge in [0.25, 0.3) is 11.8 Å². The van der Waals surface area contributed by atoms with Crippen LogP contribution in [-0.4, -0.2) is 69.5 Å². The number of ether oxygens (including phenoxy) is 1. The monoisotopic (exact) mass is 388 g/mol. The van der Waals surface area contributed by atoms with Gasteiger partial charge in [-0.1, -0.05) is 0 Å². The number of aromatic nitrogens is 1. The summed E-state index contributed by atoms with van der Waals surface area (Å²) in [4.78, 5) is 28.3. The second kappa shape index (κ2) is 8.59. The standard InChI is InChI=1S/C13H20N6O6S/c1-26-13-7(11(24)19-15)4(10(23)18-14)2-6(17-13)16-12-9(22)8(21)5(20)3-25-12/h2,5,8-9,12,20-22H,3,14-15H2,1H3,(H,16,17)(H,18,23)(H,19,24)/t5-,8+,9-,12-/m1/s1. The number of thioether (sulfide) groups is 1. The maximum Gasteiger partial charge on any atom is 0.268 e. The number of nitrogens with two attached hydrogens (primary N) is 2. The molecule has 1 fully saturated rings. The second-order valence-corrected chi connectivity index (χ2v) is 6.13. The van der Waals surface area contributed by atoms with Crippen LogP contribution >= 0.6 is 11.8 Å². The van der Waals surface area contributed by atoms with E-state index in [0.29, 0.717) is 0 Å². The Morgan fingerprint density at radius 2 is 1.88 bits per heavy atom. The number of aliphatic hydroxyl groups is 3. The van der Waals surface area contributed by atoms with Crippen LogP contribution < -0.4 is 27.9 Å². The fourth-order valence-corrected chi connectivity index (χ4v) is 2.97. The third-order valence-corrected chi connectivity index (χ3v) is 4.39. The molecule has 0 unspecified atom stereocenters. The molecule has 26 heavy (non-hydrogen) atoms. The Morgan fingerprint density at radius 1 is 1.23 bits per heavy atom. The number of nitrogens with zero attached hydrogens (tertiary/aromatic N) is 1. The third kappa shape index (κ3) is 4.04. The summed E-state index contributed by atoms with van der Waals surface area (Å²) in [5.74, 6) is 8.89. The van der Waals surface area contributed by atoms with Gasteiger partial charge in [0.2, 0.25) is 0 Å². The number of hydrogen-bond donors (Lipinski definition) is 8. The lowest BCUT2D eigenvalue weighted by atomic mass is 10.0. The molecule has 144 valence electrons. The number of rotatable bonds is 5. The van der Waals surface area contributed by atoms with E-state index < -0.39 is 36.4 Å². The third-order valence-electron chi connectivity index (χ3n) is 3.70. The molecule has 0 bridgehead atoms. The lowest BCUT2D eigenvalue weighted by Gasteiger charge is -2.35. The number of hydrazine groups is 2. The Balaban J connectivity index is 2.41. The maximum absolute atomic E-state index is 12.1. The Hall–Kier alpha value is -2.00. The zero-order chi connectivity index (χ0) is 19.4. The number of amides is 2. The predicted molar refractivity (Wildman–Crippen MR) is 90.7 cm³/mol. The Morgan fingerprint density at radius 3 is 2.46 bits per heavy atom. The first-order valence-corrected chi connectivity index (χ1v) is 8.59. The van der Waals surface area contributed by atoms with Gasteiger partial charge in [0.15, 0.2) is 6.23 Å². The molecule has 2 amide bonds. The zero-order valence-electron chi connectivity index (χ0n) is 13.7. The average Bonchev–Trinajstić information content (AvgIpc) is 2.66. The van der Waals surface area contributed by atoms with E-state index in [1.807, 2.05) is 10.9 Å². The minimum Gasteiger partial charge on any atom is -0.388 e. The molecule has 0 aromatic carbocycles. The SMILES string of the molecule is CSc1nc(N[C@@H]2OC[C@@H](O)[C@H](O)[C@H]2O)cc(C(=O)NN)c1C(=O)NN. The van der Waals surface area contributed by atoms with Gasteiger partial charge in [-0.2, -0.15) is 0 Å². The van der Waals surface area contributed by atoms with Gasteiger partial charge >= 0.3 is 0 Å². The second-order valence-electron chi connectivity index (χ2n) is 5.33. The fraction of sp³-hybridized carbons (Fsp3) is 0.462. The molecule has 1 saturated heterocycles. The van der Waals surface area contributed by atoms with Gasteiger partial charge < -0.3 is 25.4 Å². The first-order valence-electron chi connectivity index (χ1n) is 7.37. The van der Waals surface area contributed by atoms with Crippen LogP contribution in [0.25, 0.3) is 0 Å². The van der Waals surface area contributed by atoms with Crippen LogP contribution in [0.5, 0.6) is 0 Å². The summed E-state index contributed by atoms with van der Waals surface area (Å²) >= 11 is 1.08. The fourth-order valence-electron chi connectivity index (χ4n) is 2.37. The molecule has 0 radical (unpaired) electrons. The van der Waals surface area contributed by atoms with Crippen LogP contribution in [0.15, 0.2) is 11.1 Å². The van der Waals surface area contributed by atoms with Crippen molar-refractivity contribution in [2.45, 2.75) is 29.6 Å². The van der Waals surface area contributed by atoms with E-state index >= 15 is 0 Å². The summed E-state index contributed by atoms with van der Waals surface area (Å²) in [7, 11) is 0. The Bertz CT molecular complexity index is 691. The molecular weight excluding hydrogens is 368 g/mol. The van der Waals surface area contributed by atoms with Crippen molar-refractivity contribution in [3.05, 3.63) is 17.2 Å². The van der Waals surface area contributed by atoms with Crippen molar-refractivity contribution >= 4 is 29.4 Å². The van der Waals surface area contributed by atoms with Crippen LogP contribution in [0.4, 0.5) is 5.82 Å². The van der Waals surface area contributed by atoms with Gasteiger partial charge in [-0.25, -0.2) is 16.7 Å². The van der Waals surface area contributed by atoms with E-state index in [1.54, 1.807) is 6.26 Å². The lowest BCUT2D eigenvalue weighted by Crippen LogP contribution is -2.55. The highest BCUT2D eigenvalue weighted by Crippen LogP contribution is 2.26. The summed E-state index contributed by atoms with van der Waals surface area (Å²) < 4.78 is 5.23. The van der Waals surface area contributed by atoms with E-state index in [4.69, 9.17) is 16.4 Å². The van der Waals surface area contributed by atoms with Gasteiger partial charge in [0.05, 0.1) is 17.7 Å². The quantitative estimate of drug-likeness (QED) is 0.109. The molecule has 2 heterocycles. The van der Waals surface area contributed by atoms with Gasteiger partial charge in [-0.3, -0.25) is 20.4 Å². The molecule has 13 heteroatoms. The van der Waals surface area contributed by atoms with Crippen molar-refractivity contribution in [3.8, 4) is 0 Å². The number of pyridine rings is 1. The van der Waals surface area contributed by atoms with Gasteiger partial charge in [0, 0.05) is 0 Å². The van der Waals surface area contributed by atoms with E-state index in [-0.39, 0.29) is 28.6 Å². The van der Waals surface area contributed by atoms with E-state index in [9.17, 15) is 24.9 Å². The van der Waals surface area contributed by atoms with Crippen molar-refractivity contribution in [1.82, 2.24) is 15.8 Å². The molecule has 4 atom stereocenters. The van der Waals surface area contributed by atoms with Crippen LogP contribution in [0.1, 0.15) is 20.7 Å². The van der Waals surface area contributed by atoms with Gasteiger partial charge in [-0.05, 0) is 12.3 Å². The van der Waals surface area contributed by atoms with Gasteiger partial charge in [0.1, 0.15) is 29.2 Å². The molecule has 0 aliphatic carbocycles. The van der Waals surface area contributed by atoms with Crippen molar-refractivity contribution < 1.29 is 29.6 Å². The molecule has 0 saturated carbocycles. The van der Waals surface area contributed by atoms with E-state index in [0.717, 1.165) is 11.8 Å². The molecule has 12 nitrogen and oxygen atoms in total. The van der Waals surface area contributed by atoms with Crippen molar-refractivity contribution in [2.75, 3.05) is 18.2 Å². The van der Waals surface area contributed by atoms with Crippen LogP contribution in [0.2, 0.25) is 0 Å². The minimum absolute atomic E-state index is 0.0749. The average molecular weight is 388 g/mol. The highest BCUT2D eigenvalue weighted by molar-refractivity contribution is 7.98. The predicted octanol–water partition coefficient (Wildman–Crippen LogP) is -3.14. The number of nitrogens with one attached hydrogen (secondary N) is 3. The highest BCUT2D eigenvalue weighted by atomic mass is 32.2. The first kappa shape index (κ1) is 20.3.